The predicted molar refractivity (Wildman–Crippen MR) is 128 cm³/mol. The fourth-order valence-corrected chi connectivity index (χ4v) is 3.96. The largest absolute Gasteiger partial charge is 0.465 e. The zero-order chi connectivity index (χ0) is 21.4. The van der Waals surface area contributed by atoms with Crippen molar-refractivity contribution < 1.29 is 9.53 Å². The van der Waals surface area contributed by atoms with Crippen LogP contribution in [-0.2, 0) is 9.53 Å². The second-order valence-corrected chi connectivity index (χ2v) is 9.22. The lowest BCUT2D eigenvalue weighted by atomic mass is 10.0. The van der Waals surface area contributed by atoms with E-state index >= 15 is 0 Å². The minimum atomic E-state index is 0.0215. The van der Waals surface area contributed by atoms with Gasteiger partial charge in [-0.3, -0.25) is 4.79 Å². The lowest BCUT2D eigenvalue weighted by Crippen LogP contribution is -2.15. The summed E-state index contributed by atoms with van der Waals surface area (Å²) in [5.74, 6) is 0.0982. The molecule has 29 heavy (non-hydrogen) atoms. The standard InChI is InChI=1S/C27H54O2/c1-4-6-8-10-12-13-14-15-16-17-18-19-21-23-25-29-27(28)26(3)24-22-20-11-9-7-5-2/h26H,4-25H2,1-3H3/t26-/m0/s1. The zero-order valence-electron chi connectivity index (χ0n) is 20.5. The normalized spacial score (nSPS) is 12.2. The number of hydrogen-bond acceptors (Lipinski definition) is 2. The summed E-state index contributed by atoms with van der Waals surface area (Å²) >= 11 is 0. The third-order valence-electron chi connectivity index (χ3n) is 6.14. The summed E-state index contributed by atoms with van der Waals surface area (Å²) in [7, 11) is 0. The average Bonchev–Trinajstić information content (AvgIpc) is 2.73. The molecule has 0 amide bonds. The molecule has 174 valence electrons. The van der Waals surface area contributed by atoms with Crippen LogP contribution in [0.15, 0.2) is 0 Å². The molecule has 0 fully saturated rings. The fourth-order valence-electron chi connectivity index (χ4n) is 3.96. The van der Waals surface area contributed by atoms with Gasteiger partial charge in [-0.05, 0) is 12.8 Å². The van der Waals surface area contributed by atoms with Crippen LogP contribution in [0.5, 0.6) is 0 Å². The zero-order valence-corrected chi connectivity index (χ0v) is 20.5. The fraction of sp³-hybridized carbons (Fsp3) is 0.963. The number of hydrogen-bond donors (Lipinski definition) is 0. The first-order valence-electron chi connectivity index (χ1n) is 13.4. The Morgan fingerprint density at radius 3 is 1.31 bits per heavy atom. The van der Waals surface area contributed by atoms with Gasteiger partial charge < -0.3 is 4.74 Å². The van der Waals surface area contributed by atoms with Gasteiger partial charge in [0.25, 0.3) is 0 Å². The Hall–Kier alpha value is -0.530. The van der Waals surface area contributed by atoms with Crippen LogP contribution in [0.25, 0.3) is 0 Å². The molecule has 0 saturated carbocycles. The number of rotatable bonds is 23. The van der Waals surface area contributed by atoms with Gasteiger partial charge in [0, 0.05) is 0 Å². The molecule has 0 aromatic rings. The lowest BCUT2D eigenvalue weighted by molar-refractivity contribution is -0.148. The lowest BCUT2D eigenvalue weighted by Gasteiger charge is -2.11. The van der Waals surface area contributed by atoms with E-state index in [0.717, 1.165) is 12.8 Å². The molecule has 2 heteroatoms. The van der Waals surface area contributed by atoms with Crippen molar-refractivity contribution in [2.45, 2.75) is 156 Å². The Kier molecular flexibility index (Phi) is 23.3. The van der Waals surface area contributed by atoms with E-state index in [9.17, 15) is 4.79 Å². The molecule has 0 aliphatic heterocycles. The van der Waals surface area contributed by atoms with Gasteiger partial charge in [-0.25, -0.2) is 0 Å². The molecule has 0 bridgehead atoms. The molecular weight excluding hydrogens is 356 g/mol. The third-order valence-corrected chi connectivity index (χ3v) is 6.14. The minimum Gasteiger partial charge on any atom is -0.465 e. The second kappa shape index (κ2) is 23.7. The predicted octanol–water partition coefficient (Wildman–Crippen LogP) is 9.40. The maximum absolute atomic E-state index is 12.0. The summed E-state index contributed by atoms with van der Waals surface area (Å²) in [6.07, 6.45) is 27.7. The third kappa shape index (κ3) is 22.0. The monoisotopic (exact) mass is 410 g/mol. The van der Waals surface area contributed by atoms with Crippen LogP contribution in [0.1, 0.15) is 156 Å². The van der Waals surface area contributed by atoms with Gasteiger partial charge in [-0.1, -0.05) is 143 Å². The highest BCUT2D eigenvalue weighted by Gasteiger charge is 2.13. The van der Waals surface area contributed by atoms with Crippen LogP contribution >= 0.6 is 0 Å². The van der Waals surface area contributed by atoms with E-state index in [-0.39, 0.29) is 11.9 Å². The van der Waals surface area contributed by atoms with Crippen LogP contribution < -0.4 is 0 Å². The summed E-state index contributed by atoms with van der Waals surface area (Å²) in [5.41, 5.74) is 0. The van der Waals surface area contributed by atoms with Crippen molar-refractivity contribution in [1.82, 2.24) is 0 Å². The molecule has 0 aliphatic rings. The number of unbranched alkanes of at least 4 members (excludes halogenated alkanes) is 18. The summed E-state index contributed by atoms with van der Waals surface area (Å²) in [6, 6.07) is 0. The number of esters is 1. The molecular formula is C27H54O2. The van der Waals surface area contributed by atoms with Crippen molar-refractivity contribution in [3.05, 3.63) is 0 Å². The Morgan fingerprint density at radius 1 is 0.552 bits per heavy atom. The van der Waals surface area contributed by atoms with E-state index in [4.69, 9.17) is 4.74 Å². The maximum Gasteiger partial charge on any atom is 0.308 e. The maximum atomic E-state index is 12.0. The first-order valence-corrected chi connectivity index (χ1v) is 13.4. The number of carbonyl (C=O) groups excluding carboxylic acids is 1. The van der Waals surface area contributed by atoms with Gasteiger partial charge >= 0.3 is 5.97 Å². The van der Waals surface area contributed by atoms with Crippen LogP contribution in [0.2, 0.25) is 0 Å². The Morgan fingerprint density at radius 2 is 0.897 bits per heavy atom. The van der Waals surface area contributed by atoms with E-state index in [0.29, 0.717) is 6.61 Å². The summed E-state index contributed by atoms with van der Waals surface area (Å²) in [4.78, 5) is 12.0. The van der Waals surface area contributed by atoms with Crippen molar-refractivity contribution in [1.29, 1.82) is 0 Å². The smallest absolute Gasteiger partial charge is 0.308 e. The van der Waals surface area contributed by atoms with E-state index in [1.54, 1.807) is 0 Å². The topological polar surface area (TPSA) is 26.3 Å². The molecule has 2 nitrogen and oxygen atoms in total. The van der Waals surface area contributed by atoms with Crippen LogP contribution in [0.4, 0.5) is 0 Å². The van der Waals surface area contributed by atoms with Gasteiger partial charge in [0.15, 0.2) is 0 Å². The van der Waals surface area contributed by atoms with Gasteiger partial charge in [-0.15, -0.1) is 0 Å². The molecule has 1 atom stereocenters. The van der Waals surface area contributed by atoms with Gasteiger partial charge in [-0.2, -0.15) is 0 Å². The van der Waals surface area contributed by atoms with Gasteiger partial charge in [0.2, 0.25) is 0 Å². The molecule has 0 radical (unpaired) electrons. The van der Waals surface area contributed by atoms with Crippen molar-refractivity contribution in [2.24, 2.45) is 5.92 Å². The quantitative estimate of drug-likeness (QED) is 0.124. The molecule has 0 unspecified atom stereocenters. The highest BCUT2D eigenvalue weighted by molar-refractivity contribution is 5.71. The Bertz CT molecular complexity index is 326. The first kappa shape index (κ1) is 28.5. The molecule has 0 N–H and O–H groups in total. The van der Waals surface area contributed by atoms with Crippen LogP contribution in [0, 0.1) is 5.92 Å². The number of carbonyl (C=O) groups is 1. The molecule has 0 aliphatic carbocycles. The summed E-state index contributed by atoms with van der Waals surface area (Å²) in [6.45, 7) is 7.18. The molecule has 0 spiro atoms. The molecule has 0 aromatic heterocycles. The minimum absolute atomic E-state index is 0.0215. The van der Waals surface area contributed by atoms with Crippen LogP contribution in [-0.4, -0.2) is 12.6 Å². The molecule has 0 heterocycles. The highest BCUT2D eigenvalue weighted by Crippen LogP contribution is 2.15. The van der Waals surface area contributed by atoms with E-state index in [1.807, 2.05) is 6.92 Å². The van der Waals surface area contributed by atoms with E-state index in [2.05, 4.69) is 13.8 Å². The van der Waals surface area contributed by atoms with E-state index in [1.165, 1.54) is 122 Å². The Labute approximate surface area is 184 Å². The van der Waals surface area contributed by atoms with E-state index < -0.39 is 0 Å². The summed E-state index contributed by atoms with van der Waals surface area (Å²) < 4.78 is 5.47. The van der Waals surface area contributed by atoms with Gasteiger partial charge in [0.1, 0.15) is 0 Å². The SMILES string of the molecule is CCCCCCCCCCCCCCCCOC(=O)[C@@H](C)CCCCCCCC. The summed E-state index contributed by atoms with van der Waals surface area (Å²) in [5, 5.41) is 0. The van der Waals surface area contributed by atoms with Gasteiger partial charge in [0.05, 0.1) is 12.5 Å². The van der Waals surface area contributed by atoms with Crippen molar-refractivity contribution in [3.63, 3.8) is 0 Å². The molecule has 0 saturated heterocycles. The molecule has 0 aromatic carbocycles. The van der Waals surface area contributed by atoms with Crippen molar-refractivity contribution in [2.75, 3.05) is 6.61 Å². The Balaban J connectivity index is 3.25. The highest BCUT2D eigenvalue weighted by atomic mass is 16.5. The first-order chi connectivity index (χ1) is 14.2. The van der Waals surface area contributed by atoms with Crippen molar-refractivity contribution >= 4 is 5.97 Å². The average molecular weight is 411 g/mol. The van der Waals surface area contributed by atoms with Crippen molar-refractivity contribution in [3.8, 4) is 0 Å². The van der Waals surface area contributed by atoms with Crippen LogP contribution in [0.3, 0.4) is 0 Å². The molecule has 0 rings (SSSR count). The second-order valence-electron chi connectivity index (χ2n) is 9.22. The number of ether oxygens (including phenoxy) is 1.